The molecule has 1 amide bonds. The van der Waals surface area contributed by atoms with Crippen molar-refractivity contribution in [2.45, 2.75) is 13.5 Å². The number of aryl methyl sites for hydroxylation is 1. The van der Waals surface area contributed by atoms with Gasteiger partial charge in [-0.25, -0.2) is 8.42 Å². The molecule has 11 heteroatoms. The molecule has 0 spiro atoms. The maximum absolute atomic E-state index is 12.7. The maximum Gasteiger partial charge on any atom is 0.257 e. The van der Waals surface area contributed by atoms with Crippen LogP contribution in [0.25, 0.3) is 10.6 Å². The van der Waals surface area contributed by atoms with Gasteiger partial charge in [0.1, 0.15) is 5.01 Å². The molecule has 3 aromatic carbocycles. The van der Waals surface area contributed by atoms with E-state index in [1.807, 2.05) is 31.2 Å². The molecule has 0 fully saturated rings. The number of nitrogens with one attached hydrogen (secondary N) is 1. The Morgan fingerprint density at radius 2 is 1.69 bits per heavy atom. The van der Waals surface area contributed by atoms with Crippen molar-refractivity contribution in [2.24, 2.45) is 0 Å². The first-order valence-corrected chi connectivity index (χ1v) is 13.8. The van der Waals surface area contributed by atoms with Crippen LogP contribution in [-0.2, 0) is 16.6 Å². The van der Waals surface area contributed by atoms with E-state index in [4.69, 9.17) is 23.2 Å². The summed E-state index contributed by atoms with van der Waals surface area (Å²) in [6.07, 6.45) is 1.10. The Kier molecular flexibility index (Phi) is 7.42. The fourth-order valence-electron chi connectivity index (χ4n) is 3.25. The third kappa shape index (κ3) is 5.99. The van der Waals surface area contributed by atoms with Gasteiger partial charge in [0.05, 0.1) is 28.5 Å². The van der Waals surface area contributed by atoms with Crippen LogP contribution >= 0.6 is 34.5 Å². The Balaban J connectivity index is 1.48. The zero-order valence-electron chi connectivity index (χ0n) is 18.7. The zero-order chi connectivity index (χ0) is 25.2. The highest BCUT2D eigenvalue weighted by Crippen LogP contribution is 2.34. The summed E-state index contributed by atoms with van der Waals surface area (Å²) in [7, 11) is -3.65. The van der Waals surface area contributed by atoms with E-state index < -0.39 is 10.0 Å². The summed E-state index contributed by atoms with van der Waals surface area (Å²) in [4.78, 5) is 12.7. The van der Waals surface area contributed by atoms with E-state index in [0.717, 1.165) is 17.4 Å². The highest BCUT2D eigenvalue weighted by molar-refractivity contribution is 7.92. The van der Waals surface area contributed by atoms with Crippen LogP contribution in [0.5, 0.6) is 0 Å². The van der Waals surface area contributed by atoms with Gasteiger partial charge in [-0.05, 0) is 36.8 Å². The predicted molar refractivity (Wildman–Crippen MR) is 142 cm³/mol. The van der Waals surface area contributed by atoms with Crippen LogP contribution in [0.1, 0.15) is 21.5 Å². The first-order valence-electron chi connectivity index (χ1n) is 10.3. The number of hydrogen-bond donors (Lipinski definition) is 1. The van der Waals surface area contributed by atoms with Crippen molar-refractivity contribution in [2.75, 3.05) is 15.9 Å². The van der Waals surface area contributed by atoms with Crippen LogP contribution in [0.15, 0.2) is 66.7 Å². The van der Waals surface area contributed by atoms with Crippen molar-refractivity contribution in [3.63, 3.8) is 0 Å². The third-order valence-corrected chi connectivity index (χ3v) is 7.91. The van der Waals surface area contributed by atoms with Gasteiger partial charge in [0.2, 0.25) is 15.2 Å². The number of anilines is 2. The van der Waals surface area contributed by atoms with Crippen LogP contribution in [0.3, 0.4) is 0 Å². The van der Waals surface area contributed by atoms with Crippen molar-refractivity contribution >= 4 is 61.3 Å². The third-order valence-electron chi connectivity index (χ3n) is 5.09. The van der Waals surface area contributed by atoms with Gasteiger partial charge in [-0.1, -0.05) is 82.6 Å². The molecule has 35 heavy (non-hydrogen) atoms. The molecule has 0 saturated carbocycles. The molecule has 0 atom stereocenters. The molecule has 1 aromatic heterocycles. The smallest absolute Gasteiger partial charge is 0.257 e. The number of nitrogens with zero attached hydrogens (tertiary/aromatic N) is 3. The molecule has 7 nitrogen and oxygen atoms in total. The number of hydrogen-bond acceptors (Lipinski definition) is 6. The topological polar surface area (TPSA) is 92.3 Å². The Labute approximate surface area is 217 Å². The Bertz CT molecular complexity index is 1470. The normalized spacial score (nSPS) is 11.3. The second-order valence-corrected chi connectivity index (χ2v) is 11.4. The average Bonchev–Trinajstić information content (AvgIpc) is 3.28. The quantitative estimate of drug-likeness (QED) is 0.305. The summed E-state index contributed by atoms with van der Waals surface area (Å²) < 4.78 is 26.1. The van der Waals surface area contributed by atoms with Crippen molar-refractivity contribution in [1.82, 2.24) is 10.2 Å². The van der Waals surface area contributed by atoms with Crippen molar-refractivity contribution < 1.29 is 13.2 Å². The summed E-state index contributed by atoms with van der Waals surface area (Å²) in [5.74, 6) is -0.346. The summed E-state index contributed by atoms with van der Waals surface area (Å²) >= 11 is 13.6. The molecule has 0 unspecified atom stereocenters. The minimum atomic E-state index is -3.65. The monoisotopic (exact) mass is 546 g/mol. The molecule has 0 saturated heterocycles. The SMILES string of the molecule is Cc1ccc(-c2nnc(NC(=O)c3ccc(CN(c4cccc(Cl)c4Cl)S(C)(=O)=O)cc3)s2)cc1. The summed E-state index contributed by atoms with van der Waals surface area (Å²) in [6, 6.07) is 19.3. The van der Waals surface area contributed by atoms with Gasteiger partial charge in [0, 0.05) is 11.1 Å². The Morgan fingerprint density at radius 1 is 1.00 bits per heavy atom. The number of halogens is 2. The van der Waals surface area contributed by atoms with Gasteiger partial charge in [0.15, 0.2) is 0 Å². The largest absolute Gasteiger partial charge is 0.296 e. The molecule has 1 N–H and O–H groups in total. The van der Waals surface area contributed by atoms with Gasteiger partial charge in [-0.2, -0.15) is 0 Å². The van der Waals surface area contributed by atoms with E-state index in [1.54, 1.807) is 42.5 Å². The lowest BCUT2D eigenvalue weighted by Gasteiger charge is -2.24. The fraction of sp³-hybridized carbons (Fsp3) is 0.125. The molecule has 180 valence electrons. The van der Waals surface area contributed by atoms with E-state index in [2.05, 4.69) is 15.5 Å². The van der Waals surface area contributed by atoms with Gasteiger partial charge in [-0.15, -0.1) is 10.2 Å². The first-order chi connectivity index (χ1) is 16.6. The second-order valence-electron chi connectivity index (χ2n) is 7.77. The molecular formula is C24H20Cl2N4O3S2. The number of rotatable bonds is 7. The number of amides is 1. The van der Waals surface area contributed by atoms with E-state index in [1.165, 1.54) is 15.6 Å². The van der Waals surface area contributed by atoms with Crippen molar-refractivity contribution in [3.05, 3.63) is 93.5 Å². The molecule has 0 bridgehead atoms. The molecular weight excluding hydrogens is 527 g/mol. The molecule has 0 aliphatic heterocycles. The van der Waals surface area contributed by atoms with Crippen LogP contribution in [-0.4, -0.2) is 30.8 Å². The lowest BCUT2D eigenvalue weighted by molar-refractivity contribution is 0.102. The first kappa shape index (κ1) is 25.1. The standard InChI is InChI=1S/C24H20Cl2N4O3S2/c1-15-6-10-18(11-7-15)23-28-29-24(34-23)27-22(31)17-12-8-16(9-13-17)14-30(35(2,32)33)20-5-3-4-19(25)21(20)26/h3-13H,14H2,1-2H3,(H,27,29,31). The Morgan fingerprint density at radius 3 is 2.34 bits per heavy atom. The van der Waals surface area contributed by atoms with Gasteiger partial charge >= 0.3 is 0 Å². The van der Waals surface area contributed by atoms with Gasteiger partial charge in [-0.3, -0.25) is 14.4 Å². The highest BCUT2D eigenvalue weighted by atomic mass is 35.5. The van der Waals surface area contributed by atoms with Crippen molar-refractivity contribution in [3.8, 4) is 10.6 Å². The van der Waals surface area contributed by atoms with Crippen LogP contribution < -0.4 is 9.62 Å². The number of carbonyl (C=O) groups is 1. The lowest BCUT2D eigenvalue weighted by atomic mass is 10.1. The molecule has 4 aromatic rings. The molecule has 0 aliphatic rings. The summed E-state index contributed by atoms with van der Waals surface area (Å²) in [5.41, 5.74) is 3.41. The van der Waals surface area contributed by atoms with Crippen LogP contribution in [0.2, 0.25) is 10.0 Å². The molecule has 4 rings (SSSR count). The fourth-order valence-corrected chi connectivity index (χ4v) is 5.33. The van der Waals surface area contributed by atoms with Crippen LogP contribution in [0, 0.1) is 6.92 Å². The van der Waals surface area contributed by atoms with E-state index in [-0.39, 0.29) is 28.2 Å². The summed E-state index contributed by atoms with van der Waals surface area (Å²) in [5, 5.41) is 12.4. The number of carbonyl (C=O) groups excluding carboxylic acids is 1. The minimum Gasteiger partial charge on any atom is -0.296 e. The average molecular weight is 547 g/mol. The van der Waals surface area contributed by atoms with E-state index in [0.29, 0.717) is 21.3 Å². The summed E-state index contributed by atoms with van der Waals surface area (Å²) in [6.45, 7) is 2.03. The molecule has 0 radical (unpaired) electrons. The minimum absolute atomic E-state index is 0.0249. The lowest BCUT2D eigenvalue weighted by Crippen LogP contribution is -2.29. The Hall–Kier alpha value is -2.98. The molecule has 1 heterocycles. The number of benzene rings is 3. The van der Waals surface area contributed by atoms with E-state index >= 15 is 0 Å². The maximum atomic E-state index is 12.7. The van der Waals surface area contributed by atoms with Gasteiger partial charge in [0.25, 0.3) is 5.91 Å². The highest BCUT2D eigenvalue weighted by Gasteiger charge is 2.22. The number of sulfonamides is 1. The van der Waals surface area contributed by atoms with Crippen LogP contribution in [0.4, 0.5) is 10.8 Å². The van der Waals surface area contributed by atoms with Crippen molar-refractivity contribution in [1.29, 1.82) is 0 Å². The number of aromatic nitrogens is 2. The van der Waals surface area contributed by atoms with E-state index in [9.17, 15) is 13.2 Å². The zero-order valence-corrected chi connectivity index (χ0v) is 21.8. The van der Waals surface area contributed by atoms with Gasteiger partial charge < -0.3 is 0 Å². The predicted octanol–water partition coefficient (Wildman–Crippen LogP) is 6.04. The molecule has 0 aliphatic carbocycles. The second kappa shape index (κ2) is 10.3.